The van der Waals surface area contributed by atoms with Gasteiger partial charge in [0.25, 0.3) is 11.2 Å². The van der Waals surface area contributed by atoms with Crippen LogP contribution in [0.5, 0.6) is 0 Å². The molecule has 0 unspecified atom stereocenters. The Kier molecular flexibility index (Phi) is 6.57. The minimum Gasteiger partial charge on any atom is -0.324 e. The first-order chi connectivity index (χ1) is 16.2. The Hall–Kier alpha value is -3.83. The second-order valence-electron chi connectivity index (χ2n) is 6.91. The molecule has 0 spiro atoms. The topological polar surface area (TPSA) is 107 Å². The van der Waals surface area contributed by atoms with Crippen LogP contribution in [0.15, 0.2) is 70.6 Å². The SMILES string of the molecule is O=C(CSc1nc2ccccc2c(=O)n1-c1ccc(F)cc1F)Nc1cc([N+](=O)[O-])ccc1Cl. The molecule has 0 saturated heterocycles. The van der Waals surface area contributed by atoms with Crippen LogP contribution in [0, 0.1) is 21.7 Å². The van der Waals surface area contributed by atoms with Crippen LogP contribution < -0.4 is 10.9 Å². The van der Waals surface area contributed by atoms with E-state index < -0.39 is 28.0 Å². The Labute approximate surface area is 199 Å². The molecule has 172 valence electrons. The van der Waals surface area contributed by atoms with Gasteiger partial charge in [-0.05, 0) is 30.3 Å². The summed E-state index contributed by atoms with van der Waals surface area (Å²) in [5.74, 6) is -2.67. The van der Waals surface area contributed by atoms with Crippen LogP contribution in [0.2, 0.25) is 5.02 Å². The van der Waals surface area contributed by atoms with E-state index in [4.69, 9.17) is 11.6 Å². The molecular weight excluding hydrogens is 490 g/mol. The number of carbonyl (C=O) groups excluding carboxylic acids is 1. The maximum atomic E-state index is 14.5. The Bertz CT molecular complexity index is 1510. The van der Waals surface area contributed by atoms with E-state index in [1.807, 2.05) is 0 Å². The zero-order chi connectivity index (χ0) is 24.4. The molecule has 1 heterocycles. The number of amides is 1. The van der Waals surface area contributed by atoms with E-state index in [1.54, 1.807) is 18.2 Å². The summed E-state index contributed by atoms with van der Waals surface area (Å²) in [6, 6.07) is 12.8. The number of non-ortho nitro benzene ring substituents is 1. The summed E-state index contributed by atoms with van der Waals surface area (Å²) in [5, 5.41) is 13.7. The van der Waals surface area contributed by atoms with E-state index in [0.29, 0.717) is 11.6 Å². The molecule has 12 heteroatoms. The summed E-state index contributed by atoms with van der Waals surface area (Å²) in [6.45, 7) is 0. The standard InChI is InChI=1S/C22H13ClF2N4O4S/c23-15-7-6-13(29(32)33)10-18(15)26-20(30)11-34-22-27-17-4-2-1-3-14(17)21(31)28(22)19-8-5-12(24)9-16(19)25/h1-10H,11H2,(H,26,30). The molecule has 0 atom stereocenters. The van der Waals surface area contributed by atoms with Crippen molar-refractivity contribution in [3.63, 3.8) is 0 Å². The minimum absolute atomic E-state index is 0.00510. The zero-order valence-corrected chi connectivity index (χ0v) is 18.6. The first kappa shape index (κ1) is 23.3. The van der Waals surface area contributed by atoms with Crippen molar-refractivity contribution >= 4 is 51.5 Å². The molecule has 1 amide bonds. The molecule has 4 aromatic rings. The molecule has 1 aromatic heterocycles. The van der Waals surface area contributed by atoms with Crippen molar-refractivity contribution in [1.82, 2.24) is 9.55 Å². The summed E-state index contributed by atoms with van der Waals surface area (Å²) in [5.41, 5.74) is -0.718. The Morgan fingerprint density at radius 3 is 2.65 bits per heavy atom. The van der Waals surface area contributed by atoms with Crippen molar-refractivity contribution in [2.45, 2.75) is 5.16 Å². The lowest BCUT2D eigenvalue weighted by atomic mass is 10.2. The van der Waals surface area contributed by atoms with Gasteiger partial charge >= 0.3 is 0 Å². The van der Waals surface area contributed by atoms with Crippen LogP contribution in [-0.4, -0.2) is 26.1 Å². The van der Waals surface area contributed by atoms with Crippen molar-refractivity contribution in [3.05, 3.63) is 97.8 Å². The van der Waals surface area contributed by atoms with Crippen LogP contribution >= 0.6 is 23.4 Å². The molecule has 4 rings (SSSR count). The third-order valence-corrected chi connectivity index (χ3v) is 5.93. The summed E-state index contributed by atoms with van der Waals surface area (Å²) in [6.07, 6.45) is 0. The molecule has 34 heavy (non-hydrogen) atoms. The maximum Gasteiger partial charge on any atom is 0.271 e. The molecule has 0 saturated carbocycles. The Morgan fingerprint density at radius 1 is 1.15 bits per heavy atom. The molecule has 0 radical (unpaired) electrons. The van der Waals surface area contributed by atoms with Gasteiger partial charge in [0.05, 0.1) is 38.0 Å². The second kappa shape index (κ2) is 9.57. The van der Waals surface area contributed by atoms with Gasteiger partial charge in [0.15, 0.2) is 5.16 Å². The van der Waals surface area contributed by atoms with Crippen LogP contribution in [-0.2, 0) is 4.79 Å². The smallest absolute Gasteiger partial charge is 0.271 e. The van der Waals surface area contributed by atoms with Gasteiger partial charge in [0, 0.05) is 18.2 Å². The lowest BCUT2D eigenvalue weighted by Crippen LogP contribution is -2.23. The van der Waals surface area contributed by atoms with E-state index in [9.17, 15) is 28.5 Å². The third kappa shape index (κ3) is 4.75. The number of hydrogen-bond acceptors (Lipinski definition) is 6. The predicted molar refractivity (Wildman–Crippen MR) is 125 cm³/mol. The van der Waals surface area contributed by atoms with Crippen molar-refractivity contribution in [1.29, 1.82) is 0 Å². The number of rotatable bonds is 6. The Morgan fingerprint density at radius 2 is 1.91 bits per heavy atom. The maximum absolute atomic E-state index is 14.5. The van der Waals surface area contributed by atoms with Crippen LogP contribution in [0.1, 0.15) is 0 Å². The number of halogens is 3. The van der Waals surface area contributed by atoms with Gasteiger partial charge in [-0.1, -0.05) is 35.5 Å². The number of nitro groups is 1. The number of fused-ring (bicyclic) bond motifs is 1. The van der Waals surface area contributed by atoms with Gasteiger partial charge in [0.2, 0.25) is 5.91 Å². The van der Waals surface area contributed by atoms with E-state index in [-0.39, 0.29) is 38.4 Å². The summed E-state index contributed by atoms with van der Waals surface area (Å²) < 4.78 is 28.9. The largest absolute Gasteiger partial charge is 0.324 e. The molecule has 3 aromatic carbocycles. The number of nitrogens with one attached hydrogen (secondary N) is 1. The summed E-state index contributed by atoms with van der Waals surface area (Å²) >= 11 is 6.84. The quantitative estimate of drug-likeness (QED) is 0.173. The number of hydrogen-bond donors (Lipinski definition) is 1. The molecule has 0 bridgehead atoms. The average Bonchev–Trinajstić information content (AvgIpc) is 2.80. The van der Waals surface area contributed by atoms with Crippen molar-refractivity contribution in [2.75, 3.05) is 11.1 Å². The second-order valence-corrected chi connectivity index (χ2v) is 8.26. The van der Waals surface area contributed by atoms with E-state index in [0.717, 1.165) is 34.5 Å². The molecule has 0 aliphatic carbocycles. The Balaban J connectivity index is 1.68. The highest BCUT2D eigenvalue weighted by molar-refractivity contribution is 7.99. The first-order valence-corrected chi connectivity index (χ1v) is 10.9. The van der Waals surface area contributed by atoms with Gasteiger partial charge in [-0.2, -0.15) is 0 Å². The normalized spacial score (nSPS) is 10.9. The van der Waals surface area contributed by atoms with Gasteiger partial charge in [0.1, 0.15) is 11.6 Å². The minimum atomic E-state index is -0.978. The molecule has 0 aliphatic rings. The fourth-order valence-electron chi connectivity index (χ4n) is 3.12. The van der Waals surface area contributed by atoms with E-state index in [2.05, 4.69) is 10.3 Å². The number of anilines is 1. The van der Waals surface area contributed by atoms with Crippen molar-refractivity contribution < 1.29 is 18.5 Å². The lowest BCUT2D eigenvalue weighted by molar-refractivity contribution is -0.384. The van der Waals surface area contributed by atoms with Gasteiger partial charge in [-0.3, -0.25) is 24.3 Å². The number of aromatic nitrogens is 2. The third-order valence-electron chi connectivity index (χ3n) is 4.66. The highest BCUT2D eigenvalue weighted by Crippen LogP contribution is 2.28. The lowest BCUT2D eigenvalue weighted by Gasteiger charge is -2.14. The van der Waals surface area contributed by atoms with Crippen LogP contribution in [0.4, 0.5) is 20.2 Å². The number of nitrogens with zero attached hydrogens (tertiary/aromatic N) is 3. The van der Waals surface area contributed by atoms with Gasteiger partial charge < -0.3 is 5.32 Å². The first-order valence-electron chi connectivity index (χ1n) is 9.58. The number of thioether (sulfide) groups is 1. The molecule has 1 N–H and O–H groups in total. The number of carbonyl (C=O) groups is 1. The predicted octanol–water partition coefficient (Wildman–Crippen LogP) is 4.96. The zero-order valence-electron chi connectivity index (χ0n) is 17.0. The molecule has 0 aliphatic heterocycles. The van der Waals surface area contributed by atoms with Gasteiger partial charge in [-0.15, -0.1) is 0 Å². The van der Waals surface area contributed by atoms with Crippen molar-refractivity contribution in [2.24, 2.45) is 0 Å². The van der Waals surface area contributed by atoms with Crippen LogP contribution in [0.3, 0.4) is 0 Å². The fourth-order valence-corrected chi connectivity index (χ4v) is 4.09. The summed E-state index contributed by atoms with van der Waals surface area (Å²) in [7, 11) is 0. The molecule has 0 fully saturated rings. The highest BCUT2D eigenvalue weighted by Gasteiger charge is 2.18. The number of nitro benzene ring substituents is 1. The monoisotopic (exact) mass is 502 g/mol. The van der Waals surface area contributed by atoms with Gasteiger partial charge in [-0.25, -0.2) is 13.8 Å². The van der Waals surface area contributed by atoms with Crippen LogP contribution in [0.25, 0.3) is 16.6 Å². The van der Waals surface area contributed by atoms with E-state index in [1.165, 1.54) is 18.2 Å². The van der Waals surface area contributed by atoms with E-state index >= 15 is 0 Å². The summed E-state index contributed by atoms with van der Waals surface area (Å²) in [4.78, 5) is 40.4. The highest BCUT2D eigenvalue weighted by atomic mass is 35.5. The number of para-hydroxylation sites is 1. The van der Waals surface area contributed by atoms with Crippen molar-refractivity contribution in [3.8, 4) is 5.69 Å². The molecular formula is C22H13ClF2N4O4S. The number of benzene rings is 3. The average molecular weight is 503 g/mol. The molecule has 8 nitrogen and oxygen atoms in total. The fraction of sp³-hybridized carbons (Fsp3) is 0.0455.